The molecule has 2 saturated carbocycles. The van der Waals surface area contributed by atoms with E-state index in [1.54, 1.807) is 11.3 Å². The summed E-state index contributed by atoms with van der Waals surface area (Å²) in [6.45, 7) is 3.13. The average molecular weight is 307 g/mol. The first kappa shape index (κ1) is 15.0. The van der Waals surface area contributed by atoms with Gasteiger partial charge in [-0.15, -0.1) is 11.3 Å². The van der Waals surface area contributed by atoms with E-state index in [0.717, 1.165) is 31.7 Å². The highest BCUT2D eigenvalue weighted by Gasteiger charge is 2.47. The maximum atomic E-state index is 12.6. The van der Waals surface area contributed by atoms with Gasteiger partial charge in [0, 0.05) is 11.4 Å². The Morgan fingerprint density at radius 1 is 1.43 bits per heavy atom. The van der Waals surface area contributed by atoms with Crippen LogP contribution in [0.4, 0.5) is 0 Å². The lowest BCUT2D eigenvalue weighted by Crippen LogP contribution is -2.55. The lowest BCUT2D eigenvalue weighted by Gasteiger charge is -2.39. The van der Waals surface area contributed by atoms with Crippen LogP contribution in [-0.2, 0) is 16.1 Å². The van der Waals surface area contributed by atoms with Crippen LogP contribution in [0.25, 0.3) is 0 Å². The molecule has 0 aromatic carbocycles. The molecule has 2 aliphatic rings. The lowest BCUT2D eigenvalue weighted by molar-refractivity contribution is -0.154. The van der Waals surface area contributed by atoms with Gasteiger partial charge >= 0.3 is 5.97 Å². The van der Waals surface area contributed by atoms with Crippen LogP contribution < -0.4 is 5.32 Å². The molecule has 3 rings (SSSR count). The Balaban J connectivity index is 1.71. The summed E-state index contributed by atoms with van der Waals surface area (Å²) in [5, 5.41) is 5.66. The number of carbonyl (C=O) groups excluding carboxylic acids is 1. The largest absolute Gasteiger partial charge is 0.465 e. The molecule has 0 bridgehead atoms. The molecule has 0 amide bonds. The number of ether oxygens (including phenoxy) is 1. The first-order chi connectivity index (χ1) is 10.2. The predicted octanol–water partition coefficient (Wildman–Crippen LogP) is 3.74. The zero-order valence-electron chi connectivity index (χ0n) is 12.8. The van der Waals surface area contributed by atoms with Crippen molar-refractivity contribution in [2.24, 2.45) is 11.8 Å². The molecule has 2 fully saturated rings. The highest BCUT2D eigenvalue weighted by atomic mass is 32.1. The number of esters is 1. The van der Waals surface area contributed by atoms with E-state index in [2.05, 4.69) is 22.8 Å². The number of nitrogens with one attached hydrogen (secondary N) is 1. The first-order valence-corrected chi connectivity index (χ1v) is 9.06. The number of carbonyl (C=O) groups is 1. The van der Waals surface area contributed by atoms with Crippen LogP contribution in [0, 0.1) is 11.8 Å². The summed E-state index contributed by atoms with van der Waals surface area (Å²) in [6, 6.07) is 4.18. The van der Waals surface area contributed by atoms with Gasteiger partial charge in [0.2, 0.25) is 0 Å². The molecule has 0 spiro atoms. The maximum Gasteiger partial charge on any atom is 0.326 e. The van der Waals surface area contributed by atoms with E-state index in [9.17, 15) is 4.79 Å². The maximum absolute atomic E-state index is 12.6. The smallest absolute Gasteiger partial charge is 0.326 e. The molecule has 21 heavy (non-hydrogen) atoms. The van der Waals surface area contributed by atoms with Crippen LogP contribution >= 0.6 is 11.3 Å². The van der Waals surface area contributed by atoms with Crippen molar-refractivity contribution in [3.63, 3.8) is 0 Å². The number of hydrogen-bond donors (Lipinski definition) is 1. The number of thiophene rings is 1. The third-order valence-corrected chi connectivity index (χ3v) is 5.80. The second-order valence-electron chi connectivity index (χ2n) is 6.43. The van der Waals surface area contributed by atoms with Gasteiger partial charge in [0.25, 0.3) is 0 Å². The second kappa shape index (κ2) is 6.49. The van der Waals surface area contributed by atoms with Gasteiger partial charge in [0.05, 0.1) is 6.61 Å². The molecule has 2 aliphatic carbocycles. The fourth-order valence-corrected chi connectivity index (χ4v) is 4.29. The minimum absolute atomic E-state index is 0.0353. The second-order valence-corrected chi connectivity index (χ2v) is 7.46. The van der Waals surface area contributed by atoms with Crippen molar-refractivity contribution in [2.45, 2.75) is 57.5 Å². The van der Waals surface area contributed by atoms with Crippen LogP contribution in [-0.4, -0.2) is 18.1 Å². The Morgan fingerprint density at radius 2 is 2.29 bits per heavy atom. The fourth-order valence-electron chi connectivity index (χ4n) is 3.64. The highest BCUT2D eigenvalue weighted by molar-refractivity contribution is 7.09. The summed E-state index contributed by atoms with van der Waals surface area (Å²) in [4.78, 5) is 13.9. The molecular formula is C17H25NO2S. The minimum atomic E-state index is -0.453. The SMILES string of the molecule is CCOC(=O)C1(NCc2cccs2)CCCC(C2CC2)C1. The highest BCUT2D eigenvalue weighted by Crippen LogP contribution is 2.47. The Labute approximate surface area is 131 Å². The molecule has 1 aromatic rings. The summed E-state index contributed by atoms with van der Waals surface area (Å²) < 4.78 is 5.41. The van der Waals surface area contributed by atoms with Crippen molar-refractivity contribution in [1.29, 1.82) is 0 Å². The topological polar surface area (TPSA) is 38.3 Å². The van der Waals surface area contributed by atoms with Gasteiger partial charge in [0.1, 0.15) is 5.54 Å². The normalized spacial score (nSPS) is 29.3. The summed E-state index contributed by atoms with van der Waals surface area (Å²) in [5.41, 5.74) is -0.453. The first-order valence-electron chi connectivity index (χ1n) is 8.18. The van der Waals surface area contributed by atoms with E-state index in [4.69, 9.17) is 4.74 Å². The quantitative estimate of drug-likeness (QED) is 0.814. The Hall–Kier alpha value is -0.870. The molecule has 4 heteroatoms. The van der Waals surface area contributed by atoms with Gasteiger partial charge in [0.15, 0.2) is 0 Å². The van der Waals surface area contributed by atoms with Crippen LogP contribution in [0.3, 0.4) is 0 Å². The molecule has 0 aliphatic heterocycles. The van der Waals surface area contributed by atoms with E-state index in [1.165, 1.54) is 24.1 Å². The molecule has 0 radical (unpaired) electrons. The number of hydrogen-bond acceptors (Lipinski definition) is 4. The molecule has 1 aromatic heterocycles. The van der Waals surface area contributed by atoms with Gasteiger partial charge in [-0.1, -0.05) is 18.9 Å². The summed E-state index contributed by atoms with van der Waals surface area (Å²) >= 11 is 1.74. The molecule has 0 saturated heterocycles. The van der Waals surface area contributed by atoms with Gasteiger partial charge < -0.3 is 4.74 Å². The minimum Gasteiger partial charge on any atom is -0.465 e. The van der Waals surface area contributed by atoms with E-state index in [-0.39, 0.29) is 5.97 Å². The third-order valence-electron chi connectivity index (χ3n) is 4.93. The van der Waals surface area contributed by atoms with E-state index < -0.39 is 5.54 Å². The molecule has 3 nitrogen and oxygen atoms in total. The van der Waals surface area contributed by atoms with Crippen molar-refractivity contribution >= 4 is 17.3 Å². The molecule has 1 heterocycles. The van der Waals surface area contributed by atoms with Gasteiger partial charge in [-0.3, -0.25) is 10.1 Å². The van der Waals surface area contributed by atoms with Crippen molar-refractivity contribution in [3.8, 4) is 0 Å². The summed E-state index contributed by atoms with van der Waals surface area (Å²) in [7, 11) is 0. The summed E-state index contributed by atoms with van der Waals surface area (Å²) in [5.74, 6) is 1.54. The molecule has 116 valence electrons. The average Bonchev–Trinajstić information content (AvgIpc) is 3.22. The zero-order valence-corrected chi connectivity index (χ0v) is 13.6. The van der Waals surface area contributed by atoms with Crippen molar-refractivity contribution < 1.29 is 9.53 Å². The van der Waals surface area contributed by atoms with Crippen LogP contribution in [0.5, 0.6) is 0 Å². The van der Waals surface area contributed by atoms with Crippen molar-refractivity contribution in [2.75, 3.05) is 6.61 Å². The van der Waals surface area contributed by atoms with E-state index in [1.807, 2.05) is 6.92 Å². The Bertz CT molecular complexity index is 469. The van der Waals surface area contributed by atoms with Crippen LogP contribution in [0.2, 0.25) is 0 Å². The molecule has 2 atom stereocenters. The third kappa shape index (κ3) is 3.49. The van der Waals surface area contributed by atoms with E-state index >= 15 is 0 Å². The van der Waals surface area contributed by atoms with Crippen LogP contribution in [0.15, 0.2) is 17.5 Å². The Kier molecular flexibility index (Phi) is 4.65. The van der Waals surface area contributed by atoms with E-state index in [0.29, 0.717) is 12.5 Å². The Morgan fingerprint density at radius 3 is 2.95 bits per heavy atom. The van der Waals surface area contributed by atoms with Gasteiger partial charge in [-0.25, -0.2) is 0 Å². The fraction of sp³-hybridized carbons (Fsp3) is 0.706. The van der Waals surface area contributed by atoms with Gasteiger partial charge in [-0.2, -0.15) is 0 Å². The molecular weight excluding hydrogens is 282 g/mol. The van der Waals surface area contributed by atoms with Crippen molar-refractivity contribution in [1.82, 2.24) is 5.32 Å². The molecule has 2 unspecified atom stereocenters. The predicted molar refractivity (Wildman–Crippen MR) is 85.2 cm³/mol. The van der Waals surface area contributed by atoms with Gasteiger partial charge in [-0.05, 0) is 55.9 Å². The standard InChI is InChI=1S/C17H25NO2S/c1-2-20-16(19)17(18-12-15-6-4-10-21-15)9-3-5-14(11-17)13-7-8-13/h4,6,10,13-14,18H,2-3,5,7-9,11-12H2,1H3. The summed E-state index contributed by atoms with van der Waals surface area (Å²) in [6.07, 6.45) is 7.01. The number of rotatable bonds is 6. The van der Waals surface area contributed by atoms with Crippen molar-refractivity contribution in [3.05, 3.63) is 22.4 Å². The van der Waals surface area contributed by atoms with Crippen LogP contribution in [0.1, 0.15) is 50.3 Å². The molecule has 1 N–H and O–H groups in total. The monoisotopic (exact) mass is 307 g/mol. The lowest BCUT2D eigenvalue weighted by atomic mass is 9.73. The zero-order chi connectivity index (χ0) is 14.7.